The van der Waals surface area contributed by atoms with Crippen LogP contribution in [0.2, 0.25) is 5.02 Å². The molecule has 1 aliphatic heterocycles. The van der Waals surface area contributed by atoms with Crippen molar-refractivity contribution in [2.45, 2.75) is 75.3 Å². The molecule has 2 unspecified atom stereocenters. The third-order valence-electron chi connectivity index (χ3n) is 7.53. The molecule has 2 aromatic rings. The Hall–Kier alpha value is -2.06. The second-order valence-electron chi connectivity index (χ2n) is 10.1. The highest BCUT2D eigenvalue weighted by Gasteiger charge is 2.59. The maximum atomic E-state index is 14.6. The number of para-hydroxylation sites is 1. The number of amides is 2. The number of rotatable bonds is 5. The van der Waals surface area contributed by atoms with Gasteiger partial charge in [-0.05, 0) is 48.7 Å². The summed E-state index contributed by atoms with van der Waals surface area (Å²) in [5, 5.41) is 8.80. The summed E-state index contributed by atoms with van der Waals surface area (Å²) in [6.45, 7) is 0.350. The van der Waals surface area contributed by atoms with E-state index in [1.54, 1.807) is 48.2 Å². The minimum absolute atomic E-state index is 0.308. The molecule has 0 saturated heterocycles. The van der Waals surface area contributed by atoms with Gasteiger partial charge in [0.15, 0.2) is 0 Å². The van der Waals surface area contributed by atoms with Crippen LogP contribution in [-0.2, 0) is 0 Å². The van der Waals surface area contributed by atoms with Gasteiger partial charge in [-0.3, -0.25) is 0 Å². The molecule has 2 atom stereocenters. The fourth-order valence-electron chi connectivity index (χ4n) is 5.80. The average Bonchev–Trinajstić information content (AvgIpc) is 2.87. The van der Waals surface area contributed by atoms with Gasteiger partial charge in [0, 0.05) is 39.4 Å². The van der Waals surface area contributed by atoms with Crippen LogP contribution in [-0.4, -0.2) is 30.5 Å². The first-order valence-electron chi connectivity index (χ1n) is 13.1. The van der Waals surface area contributed by atoms with E-state index in [9.17, 15) is 18.0 Å². The van der Waals surface area contributed by atoms with E-state index < -0.39 is 17.6 Å². The molecule has 0 radical (unpaired) electrons. The second-order valence-corrected chi connectivity index (χ2v) is 11.7. The second kappa shape index (κ2) is 12.7. The van der Waals surface area contributed by atoms with Crippen molar-refractivity contribution in [3.05, 3.63) is 59.1 Å². The predicted molar refractivity (Wildman–Crippen MR) is 148 cm³/mol. The van der Waals surface area contributed by atoms with Gasteiger partial charge in [0.2, 0.25) is 0 Å². The normalized spacial score (nSPS) is 21.9. The summed E-state index contributed by atoms with van der Waals surface area (Å²) in [7, 11) is 0. The maximum Gasteiger partial charge on any atom is 0.409 e. The predicted octanol–water partition coefficient (Wildman–Crippen LogP) is 8.80. The third-order valence-corrected chi connectivity index (χ3v) is 9.27. The fraction of sp³-hybridized carbons (Fsp3) is 0.536. The van der Waals surface area contributed by atoms with E-state index in [2.05, 4.69) is 16.0 Å². The number of benzene rings is 2. The molecule has 1 aliphatic carbocycles. The van der Waals surface area contributed by atoms with Crippen molar-refractivity contribution in [3.8, 4) is 0 Å². The summed E-state index contributed by atoms with van der Waals surface area (Å²) in [6.07, 6.45) is 3.61. The number of halogens is 4. The van der Waals surface area contributed by atoms with Crippen LogP contribution in [0.5, 0.6) is 0 Å². The Balaban J connectivity index is 1.52. The van der Waals surface area contributed by atoms with Crippen LogP contribution < -0.4 is 16.0 Å². The molecule has 2 aromatic carbocycles. The first-order chi connectivity index (χ1) is 17.8. The van der Waals surface area contributed by atoms with Crippen LogP contribution in [0.25, 0.3) is 0 Å². The molecule has 202 valence electrons. The van der Waals surface area contributed by atoms with Crippen LogP contribution in [0.15, 0.2) is 48.5 Å². The van der Waals surface area contributed by atoms with Crippen molar-refractivity contribution in [2.24, 2.45) is 5.41 Å². The van der Waals surface area contributed by atoms with Crippen molar-refractivity contribution >= 4 is 40.8 Å². The van der Waals surface area contributed by atoms with E-state index in [0.717, 1.165) is 44.1 Å². The van der Waals surface area contributed by atoms with Gasteiger partial charge in [0.05, 0.1) is 0 Å². The van der Waals surface area contributed by atoms with Gasteiger partial charge in [0.1, 0.15) is 6.04 Å². The molecule has 2 amide bonds. The molecule has 37 heavy (non-hydrogen) atoms. The molecule has 3 N–H and O–H groups in total. The fourth-order valence-corrected chi connectivity index (χ4v) is 7.47. The molecule has 1 heterocycles. The summed E-state index contributed by atoms with van der Waals surface area (Å²) in [4.78, 5) is 12.4. The molecule has 0 bridgehead atoms. The Bertz CT molecular complexity index is 1020. The lowest BCUT2D eigenvalue weighted by Crippen LogP contribution is -2.55. The zero-order valence-corrected chi connectivity index (χ0v) is 22.5. The van der Waals surface area contributed by atoms with E-state index in [0.29, 0.717) is 41.5 Å². The molecular formula is C28H35ClF3N3OS. The molecule has 2 aliphatic rings. The van der Waals surface area contributed by atoms with Crippen molar-refractivity contribution in [2.75, 3.05) is 22.9 Å². The lowest BCUT2D eigenvalue weighted by molar-refractivity contribution is -0.173. The number of urea groups is 1. The largest absolute Gasteiger partial charge is 0.409 e. The molecule has 1 fully saturated rings. The summed E-state index contributed by atoms with van der Waals surface area (Å²) in [5.41, 5.74) is 1.20. The highest BCUT2D eigenvalue weighted by atomic mass is 35.5. The minimum Gasteiger partial charge on any atom is -0.373 e. The molecule has 4 rings (SSSR count). The third kappa shape index (κ3) is 7.08. The standard InChI is InChI=1S/C28H35ClF3N3OS/c29-20-12-14-21(15-13-20)34-26(36)33-18-19-37-24-22-10-6-7-11-23(22)35-25(28(30,31)32)27(24)16-8-4-2-1-3-5-9-17-27/h6-7,10-15,24-25,35H,1-5,8-9,16-19H2,(H2,33,34,36). The van der Waals surface area contributed by atoms with Gasteiger partial charge < -0.3 is 16.0 Å². The van der Waals surface area contributed by atoms with Gasteiger partial charge in [-0.25, -0.2) is 4.79 Å². The Kier molecular flexibility index (Phi) is 9.57. The number of fused-ring (bicyclic) bond motifs is 1. The average molecular weight is 554 g/mol. The van der Waals surface area contributed by atoms with Crippen LogP contribution in [0, 0.1) is 5.41 Å². The van der Waals surface area contributed by atoms with E-state index in [1.165, 1.54) is 6.42 Å². The number of nitrogens with one attached hydrogen (secondary N) is 3. The van der Waals surface area contributed by atoms with Crippen LogP contribution in [0.4, 0.5) is 29.3 Å². The number of hydrogen-bond donors (Lipinski definition) is 3. The van der Waals surface area contributed by atoms with Crippen LogP contribution >= 0.6 is 23.4 Å². The number of carbonyl (C=O) groups excluding carboxylic acids is 1. The van der Waals surface area contributed by atoms with Crippen molar-refractivity contribution in [3.63, 3.8) is 0 Å². The van der Waals surface area contributed by atoms with Gasteiger partial charge >= 0.3 is 12.2 Å². The minimum atomic E-state index is -4.35. The zero-order chi connectivity index (χ0) is 26.3. The van der Waals surface area contributed by atoms with Gasteiger partial charge in [-0.1, -0.05) is 74.7 Å². The van der Waals surface area contributed by atoms with Crippen molar-refractivity contribution < 1.29 is 18.0 Å². The summed E-state index contributed by atoms with van der Waals surface area (Å²) in [6, 6.07) is 12.3. The highest BCUT2D eigenvalue weighted by Crippen LogP contribution is 2.60. The van der Waals surface area contributed by atoms with E-state index in [4.69, 9.17) is 11.6 Å². The van der Waals surface area contributed by atoms with E-state index >= 15 is 0 Å². The SMILES string of the molecule is O=C(NCCSC1c2ccccc2NC(C(F)(F)F)C12CCCCCCCCC2)Nc1ccc(Cl)cc1. The Morgan fingerprint density at radius 2 is 1.59 bits per heavy atom. The van der Waals surface area contributed by atoms with E-state index in [-0.39, 0.29) is 11.3 Å². The summed E-state index contributed by atoms with van der Waals surface area (Å²) < 4.78 is 43.9. The number of thioether (sulfide) groups is 1. The summed E-state index contributed by atoms with van der Waals surface area (Å²) in [5.74, 6) is 0.513. The molecular weight excluding hydrogens is 519 g/mol. The quantitative estimate of drug-likeness (QED) is 0.324. The maximum absolute atomic E-state index is 14.6. The monoisotopic (exact) mass is 553 g/mol. The Morgan fingerprint density at radius 3 is 2.24 bits per heavy atom. The number of carbonyl (C=O) groups is 1. The Labute approximate surface area is 226 Å². The first kappa shape index (κ1) is 28.0. The Morgan fingerprint density at radius 1 is 0.973 bits per heavy atom. The zero-order valence-electron chi connectivity index (χ0n) is 20.9. The van der Waals surface area contributed by atoms with E-state index in [1.807, 2.05) is 12.1 Å². The molecule has 9 heteroatoms. The van der Waals surface area contributed by atoms with Crippen molar-refractivity contribution in [1.82, 2.24) is 5.32 Å². The number of anilines is 2. The van der Waals surface area contributed by atoms with Crippen LogP contribution in [0.3, 0.4) is 0 Å². The topological polar surface area (TPSA) is 53.2 Å². The molecule has 1 saturated carbocycles. The van der Waals surface area contributed by atoms with Crippen molar-refractivity contribution in [1.29, 1.82) is 0 Å². The van der Waals surface area contributed by atoms with Gasteiger partial charge in [0.25, 0.3) is 0 Å². The lowest BCUT2D eigenvalue weighted by Gasteiger charge is -2.52. The van der Waals surface area contributed by atoms with Gasteiger partial charge in [-0.2, -0.15) is 24.9 Å². The highest BCUT2D eigenvalue weighted by molar-refractivity contribution is 7.99. The van der Waals surface area contributed by atoms with Gasteiger partial charge in [-0.15, -0.1) is 0 Å². The lowest BCUT2D eigenvalue weighted by atomic mass is 9.65. The number of alkyl halides is 3. The smallest absolute Gasteiger partial charge is 0.373 e. The van der Waals surface area contributed by atoms with Crippen LogP contribution in [0.1, 0.15) is 68.6 Å². The molecule has 4 nitrogen and oxygen atoms in total. The number of hydrogen-bond acceptors (Lipinski definition) is 3. The molecule has 0 aromatic heterocycles. The molecule has 1 spiro atoms. The summed E-state index contributed by atoms with van der Waals surface area (Å²) >= 11 is 7.43. The first-order valence-corrected chi connectivity index (χ1v) is 14.6.